The maximum Gasteiger partial charge on any atom is 0.480 e. The van der Waals surface area contributed by atoms with Crippen LogP contribution in [0.4, 0.5) is 26.3 Å². The van der Waals surface area contributed by atoms with E-state index < -0.39 is 37.2 Å². The highest BCUT2D eigenvalue weighted by Gasteiger charge is 2.46. The number of hydrogen-bond donors (Lipinski definition) is 2. The lowest BCUT2D eigenvalue weighted by Crippen LogP contribution is -2.30. The number of aliphatic hydroxyl groups is 2. The van der Waals surface area contributed by atoms with E-state index in [9.17, 15) is 43.2 Å². The Morgan fingerprint density at radius 1 is 1.08 bits per heavy atom. The number of rotatable bonds is 5. The van der Waals surface area contributed by atoms with Crippen molar-refractivity contribution in [1.82, 2.24) is 4.57 Å². The molecule has 1 heterocycles. The molecule has 0 saturated carbocycles. The molecule has 0 fully saturated rings. The van der Waals surface area contributed by atoms with Gasteiger partial charge >= 0.3 is 11.0 Å². The molecule has 9 nitrogen and oxygen atoms in total. The van der Waals surface area contributed by atoms with E-state index >= 15 is 0 Å². The Kier molecular flexibility index (Phi) is 8.04. The van der Waals surface area contributed by atoms with Crippen molar-refractivity contribution in [2.75, 3.05) is 6.61 Å². The molecule has 0 aliphatic carbocycles. The van der Waals surface area contributed by atoms with Crippen molar-refractivity contribution >= 4 is 20.0 Å². The second-order valence-corrected chi connectivity index (χ2v) is 7.95. The van der Waals surface area contributed by atoms with E-state index in [0.717, 1.165) is 4.13 Å². The van der Waals surface area contributed by atoms with Crippen LogP contribution < -0.4 is 4.57 Å². The Morgan fingerprint density at radius 3 is 1.77 bits per heavy atom. The van der Waals surface area contributed by atoms with Gasteiger partial charge in [0.15, 0.2) is 20.0 Å². The van der Waals surface area contributed by atoms with Crippen molar-refractivity contribution in [2.45, 2.75) is 23.7 Å². The Labute approximate surface area is 143 Å². The van der Waals surface area contributed by atoms with Crippen LogP contribution in [0.15, 0.2) is 18.7 Å². The van der Waals surface area contributed by atoms with Crippen LogP contribution in [0.25, 0.3) is 4.13 Å². The molecule has 0 aromatic carbocycles. The van der Waals surface area contributed by atoms with Gasteiger partial charge in [0, 0.05) is 0 Å². The molecular formula is C9H13F6N3O6S2. The molecule has 1 aromatic heterocycles. The molecule has 0 bridgehead atoms. The van der Waals surface area contributed by atoms with Gasteiger partial charge in [-0.3, -0.25) is 0 Å². The first kappa shape index (κ1) is 24.6. The number of aryl methyl sites for hydroxylation is 1. The summed E-state index contributed by atoms with van der Waals surface area (Å²) in [6.45, 7) is 0.249. The number of imidazole rings is 1. The van der Waals surface area contributed by atoms with Crippen LogP contribution in [0.1, 0.15) is 0 Å². The van der Waals surface area contributed by atoms with Gasteiger partial charge in [-0.05, 0) is 0 Å². The van der Waals surface area contributed by atoms with Gasteiger partial charge in [-0.1, -0.05) is 0 Å². The summed E-state index contributed by atoms with van der Waals surface area (Å²) in [5.74, 6) is 0. The van der Waals surface area contributed by atoms with E-state index in [1.165, 1.54) is 0 Å². The van der Waals surface area contributed by atoms with Crippen molar-refractivity contribution in [2.24, 2.45) is 7.05 Å². The SMILES string of the molecule is C[n+]1ccn(CC(O)CO)c1.O=S(=O)([N-]S(=O)(=O)C(F)(F)F)C(F)(F)F. The second-order valence-electron chi connectivity index (χ2n) is 4.53. The molecule has 1 rings (SSSR count). The fourth-order valence-corrected chi connectivity index (χ4v) is 2.83. The molecule has 17 heteroatoms. The summed E-state index contributed by atoms with van der Waals surface area (Å²) >= 11 is 0. The first-order valence-electron chi connectivity index (χ1n) is 6.09. The standard InChI is InChI=1S/C7H13N2O2.C2F6NO4S2/c1-8-2-3-9(6-8)4-7(11)5-10;3-1(4,5)14(10,11)9-15(12,13)2(6,7)8/h2-3,6-7,10-11H,4-5H2,1H3;/q+1;-1. The lowest BCUT2D eigenvalue weighted by atomic mass is 10.4. The predicted octanol–water partition coefficient (Wildman–Crippen LogP) is -0.275. The molecule has 0 saturated heterocycles. The molecular weight excluding hydrogens is 424 g/mol. The van der Waals surface area contributed by atoms with Crippen LogP contribution in [0.2, 0.25) is 0 Å². The zero-order valence-electron chi connectivity index (χ0n) is 12.7. The minimum Gasteiger partial charge on any atom is -0.421 e. The number of sulfonamides is 2. The molecule has 1 aromatic rings. The smallest absolute Gasteiger partial charge is 0.421 e. The summed E-state index contributed by atoms with van der Waals surface area (Å²) in [7, 11) is -11.5. The molecule has 2 N–H and O–H groups in total. The monoisotopic (exact) mass is 437 g/mol. The molecule has 26 heavy (non-hydrogen) atoms. The van der Waals surface area contributed by atoms with Crippen LogP contribution in [-0.2, 0) is 33.6 Å². The van der Waals surface area contributed by atoms with Gasteiger partial charge in [-0.2, -0.15) is 26.3 Å². The third kappa shape index (κ3) is 7.44. The van der Waals surface area contributed by atoms with Crippen LogP contribution in [0, 0.1) is 0 Å². The summed E-state index contributed by atoms with van der Waals surface area (Å²) in [5.41, 5.74) is -12.4. The lowest BCUT2D eigenvalue weighted by Gasteiger charge is -2.22. The van der Waals surface area contributed by atoms with Crippen molar-refractivity contribution in [1.29, 1.82) is 0 Å². The van der Waals surface area contributed by atoms with E-state index in [0.29, 0.717) is 6.54 Å². The molecule has 1 atom stereocenters. The maximum atomic E-state index is 11.4. The Morgan fingerprint density at radius 2 is 1.50 bits per heavy atom. The zero-order valence-corrected chi connectivity index (χ0v) is 14.3. The molecule has 154 valence electrons. The molecule has 1 unspecified atom stereocenters. The number of nitrogens with zero attached hydrogens (tertiary/aromatic N) is 3. The van der Waals surface area contributed by atoms with Crippen molar-refractivity contribution in [3.8, 4) is 0 Å². The van der Waals surface area contributed by atoms with Gasteiger partial charge < -0.3 is 14.3 Å². The zero-order chi connectivity index (χ0) is 21.0. The van der Waals surface area contributed by atoms with Gasteiger partial charge in [0.05, 0.1) is 13.7 Å². The Bertz CT molecular complexity index is 744. The highest BCUT2D eigenvalue weighted by Crippen LogP contribution is 2.36. The Balaban J connectivity index is 0.000000502. The van der Waals surface area contributed by atoms with Crippen LogP contribution in [0.3, 0.4) is 0 Å². The highest BCUT2D eigenvalue weighted by molar-refractivity contribution is 8.13. The van der Waals surface area contributed by atoms with Gasteiger partial charge in [0.2, 0.25) is 6.33 Å². The third-order valence-electron chi connectivity index (χ3n) is 2.24. The first-order chi connectivity index (χ1) is 11.4. The van der Waals surface area contributed by atoms with Gasteiger partial charge in [-0.25, -0.2) is 26.0 Å². The summed E-state index contributed by atoms with van der Waals surface area (Å²) in [5, 5.41) is 17.6. The van der Waals surface area contributed by atoms with Crippen LogP contribution >= 0.6 is 0 Å². The van der Waals surface area contributed by atoms with Crippen LogP contribution in [-0.4, -0.2) is 55.3 Å². The molecule has 0 amide bonds. The van der Waals surface area contributed by atoms with E-state index in [1.54, 1.807) is 0 Å². The summed E-state index contributed by atoms with van der Waals surface area (Å²) < 4.78 is 113. The van der Waals surface area contributed by atoms with E-state index in [4.69, 9.17) is 10.2 Å². The quantitative estimate of drug-likeness (QED) is 0.481. The normalized spacial score (nSPS) is 14.5. The maximum absolute atomic E-state index is 11.4. The average molecular weight is 437 g/mol. The van der Waals surface area contributed by atoms with Crippen molar-refractivity contribution in [3.05, 3.63) is 22.8 Å². The second kappa shape index (κ2) is 8.51. The number of aliphatic hydroxyl groups excluding tert-OH is 2. The molecule has 0 spiro atoms. The van der Waals surface area contributed by atoms with Crippen molar-refractivity contribution in [3.63, 3.8) is 0 Å². The van der Waals surface area contributed by atoms with Crippen molar-refractivity contribution < 1.29 is 58.0 Å². The third-order valence-corrected chi connectivity index (χ3v) is 4.98. The van der Waals surface area contributed by atoms with E-state index in [2.05, 4.69) is 0 Å². The summed E-state index contributed by atoms with van der Waals surface area (Å²) in [4.78, 5) is 0. The lowest BCUT2D eigenvalue weighted by molar-refractivity contribution is -0.671. The fourth-order valence-electron chi connectivity index (χ4n) is 1.12. The largest absolute Gasteiger partial charge is 0.480 e. The van der Waals surface area contributed by atoms with E-state index in [1.807, 2.05) is 34.9 Å². The predicted molar refractivity (Wildman–Crippen MR) is 72.0 cm³/mol. The average Bonchev–Trinajstić information content (AvgIpc) is 2.81. The number of aromatic nitrogens is 2. The van der Waals surface area contributed by atoms with Gasteiger partial charge in [0.1, 0.15) is 25.0 Å². The minimum atomic E-state index is -6.72. The summed E-state index contributed by atoms with van der Waals surface area (Å²) in [6, 6.07) is 0. The molecule has 0 radical (unpaired) electrons. The number of hydrogen-bond acceptors (Lipinski definition) is 6. The van der Waals surface area contributed by atoms with Gasteiger partial charge in [-0.15, -0.1) is 0 Å². The number of alkyl halides is 6. The van der Waals surface area contributed by atoms with Gasteiger partial charge in [0.25, 0.3) is 0 Å². The summed E-state index contributed by atoms with van der Waals surface area (Å²) in [6.07, 6.45) is 4.91. The topological polar surface area (TPSA) is 132 Å². The van der Waals surface area contributed by atoms with E-state index in [-0.39, 0.29) is 6.61 Å². The fraction of sp³-hybridized carbons (Fsp3) is 0.667. The highest BCUT2D eigenvalue weighted by atomic mass is 32.3. The molecule has 0 aliphatic rings. The Hall–Kier alpha value is -1.43. The first-order valence-corrected chi connectivity index (χ1v) is 8.97. The minimum absolute atomic E-state index is 0.193. The number of halogens is 6. The molecule has 0 aliphatic heterocycles. The van der Waals surface area contributed by atoms with Crippen LogP contribution in [0.5, 0.6) is 0 Å².